The summed E-state index contributed by atoms with van der Waals surface area (Å²) in [6.07, 6.45) is -0.406. The molecule has 6 nitrogen and oxygen atoms in total. The Hall–Kier alpha value is -2.87. The fourth-order valence-corrected chi connectivity index (χ4v) is 4.54. The number of ether oxygens (including phenoxy) is 1. The lowest BCUT2D eigenvalue weighted by Gasteiger charge is -2.11. The molecule has 3 aromatic rings. The van der Waals surface area contributed by atoms with E-state index in [1.807, 2.05) is 0 Å². The SMILES string of the molecule is COc1ccc(S(=O)(=O)n2c(C)c(CC(=O)O)c3cc(F)ccc32)cc1. The van der Waals surface area contributed by atoms with E-state index in [9.17, 15) is 17.6 Å². The molecule has 0 radical (unpaired) electrons. The second-order valence-electron chi connectivity index (χ2n) is 5.74. The highest BCUT2D eigenvalue weighted by molar-refractivity contribution is 7.90. The van der Waals surface area contributed by atoms with Gasteiger partial charge < -0.3 is 9.84 Å². The van der Waals surface area contributed by atoms with Gasteiger partial charge in [0, 0.05) is 11.1 Å². The van der Waals surface area contributed by atoms with Gasteiger partial charge in [-0.05, 0) is 55.0 Å². The molecule has 0 aliphatic heterocycles. The Morgan fingerprint density at radius 3 is 2.42 bits per heavy atom. The predicted molar refractivity (Wildman–Crippen MR) is 93.6 cm³/mol. The van der Waals surface area contributed by atoms with Crippen molar-refractivity contribution in [2.75, 3.05) is 7.11 Å². The van der Waals surface area contributed by atoms with E-state index in [0.29, 0.717) is 5.75 Å². The number of hydrogen-bond acceptors (Lipinski definition) is 4. The van der Waals surface area contributed by atoms with Gasteiger partial charge in [0.15, 0.2) is 0 Å². The maximum atomic E-state index is 13.7. The summed E-state index contributed by atoms with van der Waals surface area (Å²) in [5.74, 6) is -1.19. The Morgan fingerprint density at radius 2 is 1.85 bits per heavy atom. The largest absolute Gasteiger partial charge is 0.497 e. The van der Waals surface area contributed by atoms with Crippen molar-refractivity contribution in [3.8, 4) is 5.75 Å². The quantitative estimate of drug-likeness (QED) is 0.739. The Kier molecular flexibility index (Phi) is 4.45. The zero-order valence-corrected chi connectivity index (χ0v) is 14.9. The summed E-state index contributed by atoms with van der Waals surface area (Å²) in [4.78, 5) is 11.2. The summed E-state index contributed by atoms with van der Waals surface area (Å²) in [6.45, 7) is 1.51. The van der Waals surface area contributed by atoms with Gasteiger partial charge in [0.2, 0.25) is 0 Å². The number of fused-ring (bicyclic) bond motifs is 1. The number of halogens is 1. The van der Waals surface area contributed by atoms with Crippen LogP contribution in [-0.4, -0.2) is 30.6 Å². The molecule has 0 atom stereocenters. The van der Waals surface area contributed by atoms with Crippen molar-refractivity contribution in [1.82, 2.24) is 3.97 Å². The van der Waals surface area contributed by atoms with E-state index in [2.05, 4.69) is 0 Å². The van der Waals surface area contributed by atoms with E-state index >= 15 is 0 Å². The van der Waals surface area contributed by atoms with Crippen LogP contribution >= 0.6 is 0 Å². The van der Waals surface area contributed by atoms with E-state index in [4.69, 9.17) is 9.84 Å². The molecule has 1 aromatic heterocycles. The first-order valence-electron chi connectivity index (χ1n) is 7.66. The molecule has 0 saturated carbocycles. The lowest BCUT2D eigenvalue weighted by Crippen LogP contribution is -2.15. The second kappa shape index (κ2) is 6.45. The number of aliphatic carboxylic acids is 1. The monoisotopic (exact) mass is 377 g/mol. The van der Waals surface area contributed by atoms with Gasteiger partial charge >= 0.3 is 5.97 Å². The summed E-state index contributed by atoms with van der Waals surface area (Å²) in [7, 11) is -2.53. The van der Waals surface area contributed by atoms with Crippen LogP contribution in [0.5, 0.6) is 5.75 Å². The number of methoxy groups -OCH3 is 1. The number of carbonyl (C=O) groups is 1. The molecule has 26 heavy (non-hydrogen) atoms. The number of nitrogens with zero attached hydrogens (tertiary/aromatic N) is 1. The zero-order chi connectivity index (χ0) is 19.1. The van der Waals surface area contributed by atoms with E-state index in [1.54, 1.807) is 0 Å². The first-order valence-corrected chi connectivity index (χ1v) is 9.10. The summed E-state index contributed by atoms with van der Waals surface area (Å²) in [5.41, 5.74) is 0.740. The van der Waals surface area contributed by atoms with E-state index < -0.39 is 28.2 Å². The van der Waals surface area contributed by atoms with Gasteiger partial charge in [0.1, 0.15) is 11.6 Å². The van der Waals surface area contributed by atoms with Crippen LogP contribution < -0.4 is 4.74 Å². The molecule has 0 aliphatic carbocycles. The first kappa shape index (κ1) is 17.9. The van der Waals surface area contributed by atoms with Crippen LogP contribution in [0.15, 0.2) is 47.4 Å². The maximum absolute atomic E-state index is 13.7. The number of rotatable bonds is 5. The normalized spacial score (nSPS) is 11.7. The third kappa shape index (κ3) is 2.92. The molecule has 0 unspecified atom stereocenters. The second-order valence-corrected chi connectivity index (χ2v) is 7.53. The highest BCUT2D eigenvalue weighted by Crippen LogP contribution is 2.31. The Labute approximate surface area is 149 Å². The molecule has 0 fully saturated rings. The van der Waals surface area contributed by atoms with Gasteiger partial charge in [-0.2, -0.15) is 0 Å². The number of aromatic nitrogens is 1. The van der Waals surface area contributed by atoms with Crippen LogP contribution in [0.2, 0.25) is 0 Å². The Morgan fingerprint density at radius 1 is 1.19 bits per heavy atom. The minimum atomic E-state index is -4.00. The first-order chi connectivity index (χ1) is 12.3. The van der Waals surface area contributed by atoms with Gasteiger partial charge in [-0.25, -0.2) is 16.8 Å². The Balaban J connectivity index is 2.29. The van der Waals surface area contributed by atoms with Crippen molar-refractivity contribution in [3.05, 3.63) is 59.5 Å². The third-order valence-electron chi connectivity index (χ3n) is 4.17. The smallest absolute Gasteiger partial charge is 0.307 e. The van der Waals surface area contributed by atoms with E-state index in [0.717, 1.165) is 16.1 Å². The van der Waals surface area contributed by atoms with Crippen molar-refractivity contribution >= 4 is 26.9 Å². The third-order valence-corrected chi connectivity index (χ3v) is 5.99. The molecule has 2 aromatic carbocycles. The highest BCUT2D eigenvalue weighted by atomic mass is 32.2. The van der Waals surface area contributed by atoms with Crippen molar-refractivity contribution in [1.29, 1.82) is 0 Å². The lowest BCUT2D eigenvalue weighted by molar-refractivity contribution is -0.136. The molecule has 0 aliphatic rings. The average molecular weight is 377 g/mol. The van der Waals surface area contributed by atoms with Crippen molar-refractivity contribution in [2.45, 2.75) is 18.2 Å². The number of benzene rings is 2. The Bertz CT molecular complexity index is 1100. The van der Waals surface area contributed by atoms with Gasteiger partial charge in [-0.3, -0.25) is 4.79 Å². The number of carboxylic acids is 1. The predicted octanol–water partition coefficient (Wildman–Crippen LogP) is 2.96. The molecule has 0 spiro atoms. The van der Waals surface area contributed by atoms with Gasteiger partial charge in [-0.1, -0.05) is 0 Å². The van der Waals surface area contributed by atoms with E-state index in [-0.39, 0.29) is 27.1 Å². The molecule has 8 heteroatoms. The van der Waals surface area contributed by atoms with Crippen molar-refractivity contribution < 1.29 is 27.4 Å². The summed E-state index contributed by atoms with van der Waals surface area (Å²) >= 11 is 0. The molecule has 0 bridgehead atoms. The minimum absolute atomic E-state index is 0.0181. The van der Waals surface area contributed by atoms with Crippen LogP contribution in [0.4, 0.5) is 4.39 Å². The molecule has 1 heterocycles. The van der Waals surface area contributed by atoms with Gasteiger partial charge in [0.25, 0.3) is 10.0 Å². The summed E-state index contributed by atoms with van der Waals surface area (Å²) < 4.78 is 46.0. The topological polar surface area (TPSA) is 85.6 Å². The average Bonchev–Trinajstić information content (AvgIpc) is 2.86. The van der Waals surface area contributed by atoms with E-state index in [1.165, 1.54) is 44.4 Å². The number of carboxylic acid groups (broad SMARTS) is 1. The fourth-order valence-electron chi connectivity index (χ4n) is 2.96. The van der Waals surface area contributed by atoms with Crippen molar-refractivity contribution in [3.63, 3.8) is 0 Å². The van der Waals surface area contributed by atoms with Crippen LogP contribution in [0.25, 0.3) is 10.9 Å². The molecule has 3 rings (SSSR count). The van der Waals surface area contributed by atoms with Gasteiger partial charge in [-0.15, -0.1) is 0 Å². The lowest BCUT2D eigenvalue weighted by atomic mass is 10.1. The molecule has 0 saturated heterocycles. The van der Waals surface area contributed by atoms with Crippen molar-refractivity contribution in [2.24, 2.45) is 0 Å². The summed E-state index contributed by atoms with van der Waals surface area (Å²) in [5, 5.41) is 9.41. The van der Waals surface area contributed by atoms with Crippen LogP contribution in [0.1, 0.15) is 11.3 Å². The molecule has 0 amide bonds. The van der Waals surface area contributed by atoms with Gasteiger partial charge in [0.05, 0.1) is 23.9 Å². The molecular weight excluding hydrogens is 361 g/mol. The molecular formula is C18H16FNO5S. The van der Waals surface area contributed by atoms with Crippen LogP contribution in [0.3, 0.4) is 0 Å². The number of hydrogen-bond donors (Lipinski definition) is 1. The minimum Gasteiger partial charge on any atom is -0.497 e. The standard InChI is InChI=1S/C18H16FNO5S/c1-11-15(10-18(21)22)16-9-12(19)3-8-17(16)20(11)26(23,24)14-6-4-13(25-2)5-7-14/h3-9H,10H2,1-2H3,(H,21,22). The van der Waals surface area contributed by atoms with Crippen LogP contribution in [0, 0.1) is 12.7 Å². The van der Waals surface area contributed by atoms with Crippen LogP contribution in [-0.2, 0) is 21.2 Å². The zero-order valence-electron chi connectivity index (χ0n) is 14.1. The maximum Gasteiger partial charge on any atom is 0.307 e. The highest BCUT2D eigenvalue weighted by Gasteiger charge is 2.26. The fraction of sp³-hybridized carbons (Fsp3) is 0.167. The molecule has 136 valence electrons. The summed E-state index contributed by atoms with van der Waals surface area (Å²) in [6, 6.07) is 9.48. The molecule has 1 N–H and O–H groups in total.